The van der Waals surface area contributed by atoms with E-state index in [0.29, 0.717) is 26.3 Å². The van der Waals surface area contributed by atoms with Crippen LogP contribution in [0.2, 0.25) is 0 Å². The van der Waals surface area contributed by atoms with Crippen molar-refractivity contribution in [2.75, 3.05) is 7.11 Å². The Hall–Kier alpha value is -2.91. The maximum Gasteiger partial charge on any atom is 0.312 e. The summed E-state index contributed by atoms with van der Waals surface area (Å²) in [6, 6.07) is 11.2. The first-order chi connectivity index (χ1) is 12.5. The van der Waals surface area contributed by atoms with Gasteiger partial charge >= 0.3 is 5.69 Å². The van der Waals surface area contributed by atoms with Gasteiger partial charge in [-0.15, -0.1) is 0 Å². The molecule has 26 heavy (non-hydrogen) atoms. The van der Waals surface area contributed by atoms with Gasteiger partial charge in [0.1, 0.15) is 15.8 Å². The van der Waals surface area contributed by atoms with E-state index < -0.39 is 4.92 Å². The minimum absolute atomic E-state index is 0.0985. The average Bonchev–Trinajstić information content (AvgIpc) is 2.94. The van der Waals surface area contributed by atoms with Gasteiger partial charge in [-0.05, 0) is 42.0 Å². The minimum atomic E-state index is -0.534. The quantitative estimate of drug-likeness (QED) is 0.360. The van der Waals surface area contributed by atoms with Crippen molar-refractivity contribution in [1.29, 1.82) is 0 Å². The number of benzene rings is 2. The number of nitrogens with zero attached hydrogens (tertiary/aromatic N) is 1. The summed E-state index contributed by atoms with van der Waals surface area (Å²) < 4.78 is 11.0. The normalized spacial score (nSPS) is 15.0. The molecule has 2 aromatic rings. The molecule has 0 unspecified atom stereocenters. The fraction of sp³-hybridized carbons (Fsp3) is 0.0588. The minimum Gasteiger partial charge on any atom is -0.497 e. The van der Waals surface area contributed by atoms with Crippen LogP contribution in [0.4, 0.5) is 5.69 Å². The number of nitro groups is 1. The van der Waals surface area contributed by atoms with Gasteiger partial charge in [0.2, 0.25) is 5.75 Å². The summed E-state index contributed by atoms with van der Waals surface area (Å²) in [5.41, 5.74) is 0.294. The molecule has 9 heteroatoms. The Morgan fingerprint density at radius 3 is 2.46 bits per heavy atom. The standard InChI is InChI=1S/C17H12N2O5S2/c1-23-11-3-5-12(6-4-11)24-14-7-2-10(8-13(14)19(21)22)9-15-16(20)18-17(25)26-15/h2-9H,1H3,(H,18,20,25)/b15-9-. The van der Waals surface area contributed by atoms with Crippen molar-refractivity contribution in [1.82, 2.24) is 5.32 Å². The average molecular weight is 388 g/mol. The van der Waals surface area contributed by atoms with Crippen molar-refractivity contribution in [2.24, 2.45) is 0 Å². The number of thioether (sulfide) groups is 1. The molecule has 7 nitrogen and oxygen atoms in total. The highest BCUT2D eigenvalue weighted by Crippen LogP contribution is 2.34. The molecule has 0 radical (unpaired) electrons. The summed E-state index contributed by atoms with van der Waals surface area (Å²) in [5.74, 6) is 0.873. The van der Waals surface area contributed by atoms with Crippen LogP contribution >= 0.6 is 24.0 Å². The summed E-state index contributed by atoms with van der Waals surface area (Å²) >= 11 is 6.03. The number of amides is 1. The fourth-order valence-corrected chi connectivity index (χ4v) is 3.24. The Bertz CT molecular complexity index is 925. The van der Waals surface area contributed by atoms with Gasteiger partial charge in [-0.3, -0.25) is 14.9 Å². The van der Waals surface area contributed by atoms with Crippen LogP contribution in [-0.4, -0.2) is 22.3 Å². The molecular weight excluding hydrogens is 376 g/mol. The van der Waals surface area contributed by atoms with Crippen molar-refractivity contribution in [3.63, 3.8) is 0 Å². The SMILES string of the molecule is COc1ccc(Oc2ccc(/C=C3\SC(=S)NC3=O)cc2[N+](=O)[O-])cc1. The number of hydrogen-bond donors (Lipinski definition) is 1. The molecule has 0 atom stereocenters. The molecular formula is C17H12N2O5S2. The van der Waals surface area contributed by atoms with E-state index in [1.54, 1.807) is 43.5 Å². The molecule has 1 aliphatic heterocycles. The van der Waals surface area contributed by atoms with Crippen LogP contribution in [-0.2, 0) is 4.79 Å². The number of carbonyl (C=O) groups is 1. The first-order valence-electron chi connectivity index (χ1n) is 7.31. The number of ether oxygens (including phenoxy) is 2. The van der Waals surface area contributed by atoms with E-state index >= 15 is 0 Å². The second-order valence-electron chi connectivity index (χ2n) is 5.11. The zero-order chi connectivity index (χ0) is 18.7. The van der Waals surface area contributed by atoms with Gasteiger partial charge < -0.3 is 14.8 Å². The van der Waals surface area contributed by atoms with Crippen LogP contribution in [0.5, 0.6) is 17.2 Å². The molecule has 132 valence electrons. The van der Waals surface area contributed by atoms with Gasteiger partial charge in [-0.25, -0.2) is 0 Å². The van der Waals surface area contributed by atoms with Gasteiger partial charge in [-0.1, -0.05) is 30.0 Å². The molecule has 0 bridgehead atoms. The van der Waals surface area contributed by atoms with Gasteiger partial charge in [-0.2, -0.15) is 0 Å². The predicted octanol–water partition coefficient (Wildman–Crippen LogP) is 3.88. The van der Waals surface area contributed by atoms with Crippen molar-refractivity contribution in [3.05, 3.63) is 63.0 Å². The lowest BCUT2D eigenvalue weighted by Gasteiger charge is -2.08. The second-order valence-corrected chi connectivity index (χ2v) is 6.83. The van der Waals surface area contributed by atoms with Gasteiger partial charge in [0.25, 0.3) is 5.91 Å². The summed E-state index contributed by atoms with van der Waals surface area (Å²) in [5, 5.41) is 13.9. The first kappa shape index (κ1) is 17.9. The largest absolute Gasteiger partial charge is 0.497 e. The van der Waals surface area contributed by atoms with Crippen LogP contribution in [0.25, 0.3) is 6.08 Å². The Balaban J connectivity index is 1.89. The van der Waals surface area contributed by atoms with E-state index in [1.165, 1.54) is 12.1 Å². The molecule has 1 fully saturated rings. The lowest BCUT2D eigenvalue weighted by Crippen LogP contribution is -2.17. The van der Waals surface area contributed by atoms with Crippen molar-refractivity contribution >= 4 is 46.0 Å². The van der Waals surface area contributed by atoms with Gasteiger partial charge in [0.05, 0.1) is 16.9 Å². The van der Waals surface area contributed by atoms with Crippen molar-refractivity contribution < 1.29 is 19.2 Å². The monoisotopic (exact) mass is 388 g/mol. The van der Waals surface area contributed by atoms with E-state index in [1.807, 2.05) is 0 Å². The van der Waals surface area contributed by atoms with Crippen LogP contribution < -0.4 is 14.8 Å². The lowest BCUT2D eigenvalue weighted by atomic mass is 10.1. The maximum atomic E-state index is 11.7. The van der Waals surface area contributed by atoms with Crippen LogP contribution in [0, 0.1) is 10.1 Å². The maximum absolute atomic E-state index is 11.7. The molecule has 1 amide bonds. The molecule has 2 aromatic carbocycles. The smallest absolute Gasteiger partial charge is 0.312 e. The molecule has 1 heterocycles. The number of rotatable bonds is 5. The number of nitro benzene ring substituents is 1. The number of hydrogen-bond acceptors (Lipinski definition) is 7. The van der Waals surface area contributed by atoms with E-state index in [9.17, 15) is 14.9 Å². The van der Waals surface area contributed by atoms with E-state index in [0.717, 1.165) is 11.8 Å². The predicted molar refractivity (Wildman–Crippen MR) is 102 cm³/mol. The molecule has 3 rings (SSSR count). The number of thiocarbonyl (C=S) groups is 1. The Morgan fingerprint density at radius 2 is 1.88 bits per heavy atom. The van der Waals surface area contributed by atoms with Crippen LogP contribution in [0.15, 0.2) is 47.4 Å². The molecule has 1 saturated heterocycles. The van der Waals surface area contributed by atoms with Crippen molar-refractivity contribution in [2.45, 2.75) is 0 Å². The highest BCUT2D eigenvalue weighted by molar-refractivity contribution is 8.26. The van der Waals surface area contributed by atoms with E-state index in [-0.39, 0.29) is 17.3 Å². The van der Waals surface area contributed by atoms with Gasteiger partial charge in [0, 0.05) is 6.07 Å². The first-order valence-corrected chi connectivity index (χ1v) is 8.54. The molecule has 0 aromatic heterocycles. The summed E-state index contributed by atoms with van der Waals surface area (Å²) in [6.45, 7) is 0. The molecule has 0 aliphatic carbocycles. The highest BCUT2D eigenvalue weighted by Gasteiger charge is 2.23. The van der Waals surface area contributed by atoms with E-state index in [2.05, 4.69) is 5.32 Å². The third kappa shape index (κ3) is 4.01. The zero-order valence-corrected chi connectivity index (χ0v) is 15.1. The summed E-state index contributed by atoms with van der Waals surface area (Å²) in [6.07, 6.45) is 1.55. The van der Waals surface area contributed by atoms with Crippen LogP contribution in [0.1, 0.15) is 5.56 Å². The second kappa shape index (κ2) is 7.54. The summed E-state index contributed by atoms with van der Waals surface area (Å²) in [7, 11) is 1.55. The molecule has 0 saturated carbocycles. The number of carbonyl (C=O) groups excluding carboxylic acids is 1. The molecule has 1 N–H and O–H groups in total. The molecule has 1 aliphatic rings. The fourth-order valence-electron chi connectivity index (χ4n) is 2.20. The lowest BCUT2D eigenvalue weighted by molar-refractivity contribution is -0.385. The van der Waals surface area contributed by atoms with Gasteiger partial charge in [0.15, 0.2) is 0 Å². The Kier molecular flexibility index (Phi) is 5.19. The van der Waals surface area contributed by atoms with E-state index in [4.69, 9.17) is 21.7 Å². The Labute approximate surface area is 158 Å². The highest BCUT2D eigenvalue weighted by atomic mass is 32.2. The van der Waals surface area contributed by atoms with Crippen LogP contribution in [0.3, 0.4) is 0 Å². The summed E-state index contributed by atoms with van der Waals surface area (Å²) in [4.78, 5) is 23.0. The third-order valence-electron chi connectivity index (χ3n) is 3.41. The third-order valence-corrected chi connectivity index (χ3v) is 4.57. The topological polar surface area (TPSA) is 90.7 Å². The number of methoxy groups -OCH3 is 1. The molecule has 0 spiro atoms. The van der Waals surface area contributed by atoms with Crippen molar-refractivity contribution in [3.8, 4) is 17.2 Å². The Morgan fingerprint density at radius 1 is 1.19 bits per heavy atom. The zero-order valence-electron chi connectivity index (χ0n) is 13.4. The number of nitrogens with one attached hydrogen (secondary N) is 1.